The van der Waals surface area contributed by atoms with Crippen LogP contribution in [0.5, 0.6) is 0 Å². The number of aromatic nitrogens is 2. The lowest BCUT2D eigenvalue weighted by atomic mass is 9.84. The average molecular weight is 499 g/mol. The van der Waals surface area contributed by atoms with Crippen LogP contribution in [0.2, 0.25) is 0 Å². The molecular weight excluding hydrogens is 458 g/mol. The van der Waals surface area contributed by atoms with Crippen LogP contribution in [0.15, 0.2) is 0 Å². The van der Waals surface area contributed by atoms with E-state index in [9.17, 15) is 9.18 Å². The summed E-state index contributed by atoms with van der Waals surface area (Å²) in [7, 11) is 1.69. The van der Waals surface area contributed by atoms with Crippen LogP contribution in [0.4, 0.5) is 20.4 Å². The number of piperazine rings is 1. The molecular formula is C23H40F2N8O2. The lowest BCUT2D eigenvalue weighted by Crippen LogP contribution is -2.70. The van der Waals surface area contributed by atoms with Gasteiger partial charge < -0.3 is 26.4 Å². The fraction of sp³-hybridized carbons (Fsp3) is 0.826. The van der Waals surface area contributed by atoms with Crippen molar-refractivity contribution >= 4 is 17.5 Å². The zero-order valence-electron chi connectivity index (χ0n) is 21.0. The molecule has 1 amide bonds. The van der Waals surface area contributed by atoms with Crippen molar-refractivity contribution in [3.05, 3.63) is 5.56 Å². The van der Waals surface area contributed by atoms with Gasteiger partial charge in [0.05, 0.1) is 25.2 Å². The Morgan fingerprint density at radius 1 is 1.29 bits per heavy atom. The number of anilines is 2. The second-order valence-electron chi connectivity index (χ2n) is 9.97. The van der Waals surface area contributed by atoms with Crippen molar-refractivity contribution in [1.82, 2.24) is 30.2 Å². The molecule has 35 heavy (non-hydrogen) atoms. The zero-order chi connectivity index (χ0) is 25.1. The van der Waals surface area contributed by atoms with Crippen molar-refractivity contribution < 1.29 is 18.3 Å². The average Bonchev–Trinajstić information content (AvgIpc) is 3.17. The maximum absolute atomic E-state index is 16.1. The predicted octanol–water partition coefficient (Wildman–Crippen LogP) is 0.316. The van der Waals surface area contributed by atoms with Gasteiger partial charge in [0.25, 0.3) is 5.91 Å². The molecule has 1 aromatic rings. The minimum absolute atomic E-state index is 0.0421. The van der Waals surface area contributed by atoms with Crippen LogP contribution in [0.3, 0.4) is 0 Å². The van der Waals surface area contributed by atoms with Gasteiger partial charge in [0, 0.05) is 59.0 Å². The maximum atomic E-state index is 16.1. The summed E-state index contributed by atoms with van der Waals surface area (Å²) in [6.07, 6.45) is -1.37. The summed E-state index contributed by atoms with van der Waals surface area (Å²) in [5.74, 6) is 0.206. The van der Waals surface area contributed by atoms with Crippen LogP contribution in [0.1, 0.15) is 30.6 Å². The number of amides is 1. The molecule has 0 saturated carbocycles. The van der Waals surface area contributed by atoms with Gasteiger partial charge in [0.15, 0.2) is 5.82 Å². The van der Waals surface area contributed by atoms with Gasteiger partial charge in [-0.3, -0.25) is 14.6 Å². The van der Waals surface area contributed by atoms with Gasteiger partial charge in [0.2, 0.25) is 0 Å². The Bertz CT molecular complexity index is 863. The first-order chi connectivity index (χ1) is 16.8. The minimum atomic E-state index is -1.14. The summed E-state index contributed by atoms with van der Waals surface area (Å²) >= 11 is 0. The number of methoxy groups -OCH3 is 1. The Hall–Kier alpha value is -2.02. The molecule has 4 heterocycles. The van der Waals surface area contributed by atoms with Crippen LogP contribution in [-0.4, -0.2) is 115 Å². The Kier molecular flexibility index (Phi) is 8.46. The first-order valence-corrected chi connectivity index (χ1v) is 12.7. The Morgan fingerprint density at radius 3 is 2.71 bits per heavy atom. The molecule has 198 valence electrons. The normalized spacial score (nSPS) is 30.9. The third-order valence-corrected chi connectivity index (χ3v) is 7.74. The van der Waals surface area contributed by atoms with E-state index in [1.807, 2.05) is 0 Å². The number of nitrogens with one attached hydrogen (secondary N) is 3. The Morgan fingerprint density at radius 2 is 2.03 bits per heavy atom. The second kappa shape index (κ2) is 11.4. The molecule has 12 heteroatoms. The smallest absolute Gasteiger partial charge is 0.259 e. The third kappa shape index (κ3) is 5.55. The number of hydrogen-bond donors (Lipinski definition) is 4. The van der Waals surface area contributed by atoms with Gasteiger partial charge in [-0.15, -0.1) is 0 Å². The molecule has 0 bridgehead atoms. The molecule has 3 aliphatic heterocycles. The Balaban J connectivity index is 1.51. The fourth-order valence-corrected chi connectivity index (χ4v) is 5.51. The molecule has 10 nitrogen and oxygen atoms in total. The standard InChI is InChI=1S/C23H40F2N8O2/c1-4-14(2)19-18(25)20(32-7-5-31(6-8-32)9-10-35-3)16(12-27-19)29-23(34)17-21(26)30-33-13-15(24)11-28-22(17)33/h14-16,18-20,27-28H,4-13H2,1-3H3,(H2,26,30)(H,29,34). The monoisotopic (exact) mass is 498 g/mol. The molecule has 0 radical (unpaired) electrons. The topological polar surface area (TPSA) is 113 Å². The lowest BCUT2D eigenvalue weighted by molar-refractivity contribution is -0.00739. The number of rotatable bonds is 8. The number of nitrogens with two attached hydrogens (primary N) is 1. The van der Waals surface area contributed by atoms with E-state index in [0.717, 1.165) is 39.1 Å². The molecule has 3 aliphatic rings. The first kappa shape index (κ1) is 26.1. The summed E-state index contributed by atoms with van der Waals surface area (Å²) in [5, 5.41) is 13.4. The molecule has 2 fully saturated rings. The van der Waals surface area contributed by atoms with E-state index >= 15 is 4.39 Å². The summed E-state index contributed by atoms with van der Waals surface area (Å²) in [6, 6.07) is -1.18. The van der Waals surface area contributed by atoms with Gasteiger partial charge in [-0.25, -0.2) is 13.5 Å². The molecule has 0 spiro atoms. The zero-order valence-corrected chi connectivity index (χ0v) is 21.0. The quantitative estimate of drug-likeness (QED) is 0.405. The SMILES string of the molecule is CCC(C)C1NCC(NC(=O)c2c(N)nn3c2NCC(F)C3)C(N2CCN(CCOC)CC2)C1F. The van der Waals surface area contributed by atoms with Crippen LogP contribution in [0, 0.1) is 5.92 Å². The third-order valence-electron chi connectivity index (χ3n) is 7.74. The van der Waals surface area contributed by atoms with Crippen LogP contribution < -0.4 is 21.7 Å². The molecule has 5 N–H and O–H groups in total. The highest BCUT2D eigenvalue weighted by Crippen LogP contribution is 2.29. The van der Waals surface area contributed by atoms with Crippen molar-refractivity contribution in [1.29, 1.82) is 0 Å². The first-order valence-electron chi connectivity index (χ1n) is 12.7. The van der Waals surface area contributed by atoms with E-state index in [0.29, 0.717) is 19.0 Å². The molecule has 6 atom stereocenters. The summed E-state index contributed by atoms with van der Waals surface area (Å²) < 4.78 is 36.5. The molecule has 4 rings (SSSR count). The van der Waals surface area contributed by atoms with E-state index in [2.05, 4.69) is 44.7 Å². The van der Waals surface area contributed by atoms with E-state index < -0.39 is 30.3 Å². The van der Waals surface area contributed by atoms with E-state index in [1.165, 1.54) is 4.68 Å². The number of carbonyl (C=O) groups excluding carboxylic acids is 1. The molecule has 0 aliphatic carbocycles. The van der Waals surface area contributed by atoms with Crippen LogP contribution in [-0.2, 0) is 11.3 Å². The Labute approximate surface area is 205 Å². The number of nitrogen functional groups attached to an aromatic ring is 1. The van der Waals surface area contributed by atoms with Gasteiger partial charge in [-0.2, -0.15) is 5.10 Å². The number of carbonyl (C=O) groups is 1. The summed E-state index contributed by atoms with van der Waals surface area (Å²) in [6.45, 7) is 9.34. The highest BCUT2D eigenvalue weighted by molar-refractivity contribution is 6.03. The van der Waals surface area contributed by atoms with Crippen molar-refractivity contribution in [2.45, 2.75) is 57.3 Å². The largest absolute Gasteiger partial charge is 0.383 e. The molecule has 2 saturated heterocycles. The van der Waals surface area contributed by atoms with E-state index in [4.69, 9.17) is 10.5 Å². The van der Waals surface area contributed by atoms with Crippen molar-refractivity contribution in [3.8, 4) is 0 Å². The van der Waals surface area contributed by atoms with Crippen molar-refractivity contribution in [2.75, 3.05) is 70.6 Å². The molecule has 1 aromatic heterocycles. The predicted molar refractivity (Wildman–Crippen MR) is 131 cm³/mol. The molecule has 6 unspecified atom stereocenters. The van der Waals surface area contributed by atoms with Gasteiger partial charge >= 0.3 is 0 Å². The van der Waals surface area contributed by atoms with Gasteiger partial charge in [-0.1, -0.05) is 20.3 Å². The number of halogens is 2. The number of alkyl halides is 2. The lowest BCUT2D eigenvalue weighted by Gasteiger charge is -2.49. The minimum Gasteiger partial charge on any atom is -0.383 e. The van der Waals surface area contributed by atoms with E-state index in [-0.39, 0.29) is 36.4 Å². The fourth-order valence-electron chi connectivity index (χ4n) is 5.51. The summed E-state index contributed by atoms with van der Waals surface area (Å²) in [4.78, 5) is 17.9. The van der Waals surface area contributed by atoms with Crippen molar-refractivity contribution in [3.63, 3.8) is 0 Å². The van der Waals surface area contributed by atoms with Gasteiger partial charge in [0.1, 0.15) is 23.7 Å². The van der Waals surface area contributed by atoms with Crippen LogP contribution in [0.25, 0.3) is 0 Å². The molecule has 0 aromatic carbocycles. The van der Waals surface area contributed by atoms with Crippen LogP contribution >= 0.6 is 0 Å². The van der Waals surface area contributed by atoms with E-state index in [1.54, 1.807) is 7.11 Å². The highest BCUT2D eigenvalue weighted by atomic mass is 19.1. The number of piperidine rings is 1. The number of hydrogen-bond acceptors (Lipinski definition) is 8. The number of nitrogens with zero attached hydrogens (tertiary/aromatic N) is 4. The van der Waals surface area contributed by atoms with Gasteiger partial charge in [-0.05, 0) is 5.92 Å². The second-order valence-corrected chi connectivity index (χ2v) is 9.97. The number of fused-ring (bicyclic) bond motifs is 1. The highest BCUT2D eigenvalue weighted by Gasteiger charge is 2.46. The maximum Gasteiger partial charge on any atom is 0.259 e. The number of ether oxygens (including phenoxy) is 1. The summed E-state index contributed by atoms with van der Waals surface area (Å²) in [5.41, 5.74) is 6.24. The van der Waals surface area contributed by atoms with Crippen molar-refractivity contribution in [2.24, 2.45) is 5.92 Å².